The number of nitrogens with zero attached hydrogens (tertiary/aromatic N) is 6. The highest BCUT2D eigenvalue weighted by Gasteiger charge is 2.48. The fraction of sp³-hybridized carbons (Fsp3) is 0.487. The summed E-state index contributed by atoms with van der Waals surface area (Å²) in [5.41, 5.74) is 0.495. The Morgan fingerprint density at radius 1 is 0.746 bits per heavy atom. The van der Waals surface area contributed by atoms with E-state index in [2.05, 4.69) is 39.5 Å². The van der Waals surface area contributed by atoms with E-state index in [1.807, 2.05) is 11.0 Å². The molecule has 59 heavy (non-hydrogen) atoms. The highest BCUT2D eigenvalue weighted by atomic mass is 35.5. The summed E-state index contributed by atoms with van der Waals surface area (Å²) in [6.45, 7) is 5.30. The molecule has 0 bridgehead atoms. The Kier molecular flexibility index (Phi) is 13.4. The quantitative estimate of drug-likeness (QED) is 0.284. The van der Waals surface area contributed by atoms with E-state index >= 15 is 0 Å². The molecule has 0 saturated carbocycles. The molecule has 0 aliphatic carbocycles. The monoisotopic (exact) mass is 908 g/mol. The summed E-state index contributed by atoms with van der Waals surface area (Å²) in [5.74, 6) is -1.16. The van der Waals surface area contributed by atoms with Crippen molar-refractivity contribution in [2.75, 3.05) is 58.9 Å². The van der Waals surface area contributed by atoms with Gasteiger partial charge in [0.2, 0.25) is 10.0 Å². The second kappa shape index (κ2) is 18.2. The van der Waals surface area contributed by atoms with Crippen LogP contribution >= 0.6 is 34.5 Å². The second-order valence-corrected chi connectivity index (χ2v) is 21.2. The van der Waals surface area contributed by atoms with Crippen LogP contribution in [0.5, 0.6) is 0 Å². The van der Waals surface area contributed by atoms with Crippen LogP contribution < -0.4 is 0 Å². The zero-order chi connectivity index (χ0) is 41.8. The Hall–Kier alpha value is -3.62. The summed E-state index contributed by atoms with van der Waals surface area (Å²) >= 11 is 13.1. The number of sulfonamides is 2. The van der Waals surface area contributed by atoms with Crippen molar-refractivity contribution in [3.63, 3.8) is 0 Å². The predicted molar refractivity (Wildman–Crippen MR) is 224 cm³/mol. The number of rotatable bonds is 10. The molecule has 8 rings (SSSR count). The minimum absolute atomic E-state index is 0.0378. The van der Waals surface area contributed by atoms with Crippen LogP contribution in [0.25, 0.3) is 0 Å². The largest absolute Gasteiger partial charge is 0.477 e. The number of carboxylic acid groups (broad SMARTS) is 1. The van der Waals surface area contributed by atoms with Gasteiger partial charge in [0.05, 0.1) is 5.02 Å². The number of thiophene rings is 1. The number of hydrogen-bond acceptors (Lipinski definition) is 12. The molecule has 0 radical (unpaired) electrons. The second-order valence-electron chi connectivity index (χ2n) is 15.3. The third-order valence-corrected chi connectivity index (χ3v) is 17.4. The topological polar surface area (TPSA) is 179 Å². The number of carboxylic acids is 1. The molecule has 15 nitrogen and oxygen atoms in total. The summed E-state index contributed by atoms with van der Waals surface area (Å²) in [7, 11) is -7.24. The molecular formula is C39H46Cl2N6O9S3. The average Bonchev–Trinajstić information content (AvgIpc) is 4.02. The molecule has 318 valence electrons. The number of halogens is 2. The van der Waals surface area contributed by atoms with Crippen LogP contribution in [0.2, 0.25) is 10.0 Å². The number of oxime groups is 2. The maximum absolute atomic E-state index is 13.1. The summed E-state index contributed by atoms with van der Waals surface area (Å²) < 4.78 is 54.3. The third-order valence-electron chi connectivity index (χ3n) is 11.5. The van der Waals surface area contributed by atoms with E-state index < -0.39 is 37.2 Å². The molecule has 6 heterocycles. The lowest BCUT2D eigenvalue weighted by Gasteiger charge is -2.36. The van der Waals surface area contributed by atoms with Gasteiger partial charge < -0.3 is 19.7 Å². The lowest BCUT2D eigenvalue weighted by molar-refractivity contribution is -0.129. The molecular weight excluding hydrogens is 864 g/mol. The van der Waals surface area contributed by atoms with Crippen molar-refractivity contribution in [3.8, 4) is 0 Å². The first kappa shape index (κ1) is 43.5. The number of hydrogen-bond donors (Lipinski definition) is 1. The zero-order valence-electron chi connectivity index (χ0n) is 32.2. The first-order chi connectivity index (χ1) is 28.2. The molecule has 3 fully saturated rings. The van der Waals surface area contributed by atoms with Crippen molar-refractivity contribution in [2.24, 2.45) is 10.3 Å². The average molecular weight is 910 g/mol. The number of benzene rings is 2. The molecule has 5 aliphatic heterocycles. The van der Waals surface area contributed by atoms with Gasteiger partial charge in [-0.1, -0.05) is 69.9 Å². The number of carbonyl (C=O) groups is 2. The van der Waals surface area contributed by atoms with Crippen molar-refractivity contribution in [1.82, 2.24) is 18.4 Å². The number of piperazine rings is 1. The van der Waals surface area contributed by atoms with Gasteiger partial charge in [-0.15, -0.1) is 11.3 Å². The summed E-state index contributed by atoms with van der Waals surface area (Å²) in [4.78, 5) is 39.4. The van der Waals surface area contributed by atoms with E-state index in [4.69, 9.17) is 38.0 Å². The van der Waals surface area contributed by atoms with Crippen LogP contribution in [0.3, 0.4) is 0 Å². The Morgan fingerprint density at radius 2 is 1.34 bits per heavy atom. The number of aliphatic carboxylic acids is 1. The van der Waals surface area contributed by atoms with Gasteiger partial charge in [0.1, 0.15) is 26.0 Å². The van der Waals surface area contributed by atoms with E-state index in [-0.39, 0.29) is 46.1 Å². The Labute approximate surface area is 358 Å². The molecule has 3 aromatic rings. The van der Waals surface area contributed by atoms with Crippen molar-refractivity contribution in [3.05, 3.63) is 81.7 Å². The molecule has 2 aromatic carbocycles. The fourth-order valence-electron chi connectivity index (χ4n) is 7.94. The van der Waals surface area contributed by atoms with Crippen LogP contribution in [0.15, 0.2) is 85.5 Å². The molecule has 20 heteroatoms. The Bertz CT molecular complexity index is 2270. The first-order valence-electron chi connectivity index (χ1n) is 19.5. The van der Waals surface area contributed by atoms with E-state index in [1.165, 1.54) is 43.7 Å². The van der Waals surface area contributed by atoms with Gasteiger partial charge >= 0.3 is 5.97 Å². The van der Waals surface area contributed by atoms with Gasteiger partial charge in [0, 0.05) is 95.9 Å². The number of piperidine rings is 2. The third kappa shape index (κ3) is 9.96. The molecule has 1 aromatic heterocycles. The smallest absolute Gasteiger partial charge is 0.353 e. The van der Waals surface area contributed by atoms with E-state index in [0.29, 0.717) is 68.2 Å². The van der Waals surface area contributed by atoms with Crippen LogP contribution in [0.4, 0.5) is 0 Å². The van der Waals surface area contributed by atoms with Crippen LogP contribution in [0, 0.1) is 0 Å². The molecule has 3 saturated heterocycles. The Balaban J connectivity index is 0.000000192. The Morgan fingerprint density at radius 3 is 1.92 bits per heavy atom. The van der Waals surface area contributed by atoms with Crippen LogP contribution in [-0.2, 0) is 45.7 Å². The van der Waals surface area contributed by atoms with Crippen molar-refractivity contribution in [2.45, 2.75) is 71.7 Å². The summed E-state index contributed by atoms with van der Waals surface area (Å²) in [5, 5.41) is 18.9. The van der Waals surface area contributed by atoms with Gasteiger partial charge in [0.25, 0.3) is 15.9 Å². The molecule has 1 amide bonds. The standard InChI is InChI=1S/C25H32N4O4S2.C14H14Cl2N2O5S/c30-24(28-17-15-27(16-18-28)12-4-8-21-6-2-1-3-7-21)22-20-25(33-26-22)10-13-29(14-11-25)35(31,32)23-9-5-19-34-23;15-9-1-2-10(16)12(7-9)24(21,22)18-5-3-14(4-6-18)8-11(13(19)20)17-23-14/h1-3,5-7,9,19H,4,8,10-18,20H2;1-2,7H,3-6,8H2,(H,19,20). The van der Waals surface area contributed by atoms with Crippen molar-refractivity contribution >= 4 is 77.9 Å². The SMILES string of the molecule is O=C(C1=NOC2(CCN(S(=O)(=O)c3cccs3)CC2)C1)N1CCN(CCCc2ccccc2)CC1.O=C(O)C1=NOC2(CCN(S(=O)(=O)c3cc(Cl)ccc3Cl)CC2)C1. The summed E-state index contributed by atoms with van der Waals surface area (Å²) in [6, 6.07) is 18.2. The predicted octanol–water partition coefficient (Wildman–Crippen LogP) is 5.20. The van der Waals surface area contributed by atoms with Crippen LogP contribution in [-0.4, -0.2) is 134 Å². The van der Waals surface area contributed by atoms with Crippen LogP contribution in [0.1, 0.15) is 50.5 Å². The number of carbonyl (C=O) groups excluding carboxylic acids is 1. The highest BCUT2D eigenvalue weighted by molar-refractivity contribution is 7.91. The maximum Gasteiger partial charge on any atom is 0.353 e. The highest BCUT2D eigenvalue weighted by Crippen LogP contribution is 2.39. The molecule has 2 spiro atoms. The first-order valence-corrected chi connectivity index (χ1v) is 24.0. The van der Waals surface area contributed by atoms with E-state index in [9.17, 15) is 26.4 Å². The van der Waals surface area contributed by atoms with Crippen molar-refractivity contribution < 1.29 is 41.2 Å². The summed E-state index contributed by atoms with van der Waals surface area (Å²) in [6.07, 6.45) is 4.59. The van der Waals surface area contributed by atoms with Gasteiger partial charge in [0.15, 0.2) is 5.71 Å². The lowest BCUT2D eigenvalue weighted by Crippen LogP contribution is -2.51. The number of aryl methyl sites for hydroxylation is 1. The molecule has 5 aliphatic rings. The van der Waals surface area contributed by atoms with Gasteiger partial charge in [-0.3, -0.25) is 9.69 Å². The molecule has 1 N–H and O–H groups in total. The van der Waals surface area contributed by atoms with Gasteiger partial charge in [-0.05, 0) is 54.6 Å². The van der Waals surface area contributed by atoms with Gasteiger partial charge in [-0.2, -0.15) is 8.61 Å². The molecule has 0 atom stereocenters. The fourth-order valence-corrected chi connectivity index (χ4v) is 12.7. The lowest BCUT2D eigenvalue weighted by atomic mass is 9.87. The van der Waals surface area contributed by atoms with Gasteiger partial charge in [-0.25, -0.2) is 21.6 Å². The number of amides is 1. The zero-order valence-corrected chi connectivity index (χ0v) is 36.2. The van der Waals surface area contributed by atoms with E-state index in [1.54, 1.807) is 17.5 Å². The molecule has 0 unspecified atom stereocenters. The van der Waals surface area contributed by atoms with E-state index in [0.717, 1.165) is 32.5 Å². The minimum atomic E-state index is -3.78. The van der Waals surface area contributed by atoms with Crippen molar-refractivity contribution in [1.29, 1.82) is 0 Å². The normalized spacial score (nSPS) is 20.9. The minimum Gasteiger partial charge on any atom is -0.477 e. The maximum atomic E-state index is 13.1.